The van der Waals surface area contributed by atoms with E-state index in [-0.39, 0.29) is 23.8 Å². The smallest absolute Gasteiger partial charge is 0.246 e. The zero-order valence-corrected chi connectivity index (χ0v) is 21.3. The van der Waals surface area contributed by atoms with Crippen molar-refractivity contribution in [3.63, 3.8) is 0 Å². The van der Waals surface area contributed by atoms with Crippen LogP contribution in [-0.2, 0) is 9.59 Å². The molecule has 1 aromatic carbocycles. The van der Waals surface area contributed by atoms with Crippen molar-refractivity contribution in [2.75, 3.05) is 13.1 Å². The summed E-state index contributed by atoms with van der Waals surface area (Å²) in [4.78, 5) is 29.9. The number of likely N-dealkylation sites (tertiary alicyclic amines) is 1. The molecule has 198 valence electrons. The quantitative estimate of drug-likeness (QED) is 0.501. The fourth-order valence-corrected chi connectivity index (χ4v) is 5.85. The van der Waals surface area contributed by atoms with Crippen LogP contribution in [0.4, 0.5) is 8.78 Å². The molecular formula is C29H36F2N4O2. The first-order valence-corrected chi connectivity index (χ1v) is 13.1. The molecule has 4 N–H and O–H groups in total. The number of H-pyrrole nitrogens is 1. The molecule has 1 aliphatic heterocycles. The van der Waals surface area contributed by atoms with Gasteiger partial charge in [0.2, 0.25) is 11.8 Å². The molecule has 0 spiro atoms. The van der Waals surface area contributed by atoms with Crippen LogP contribution in [0.1, 0.15) is 62.5 Å². The lowest BCUT2D eigenvalue weighted by atomic mass is 9.81. The van der Waals surface area contributed by atoms with Crippen LogP contribution in [0.15, 0.2) is 30.5 Å². The van der Waals surface area contributed by atoms with Gasteiger partial charge in [0.05, 0.1) is 6.04 Å². The summed E-state index contributed by atoms with van der Waals surface area (Å²) in [6.45, 7) is 7.11. The maximum atomic E-state index is 13.4. The van der Waals surface area contributed by atoms with Crippen molar-refractivity contribution < 1.29 is 18.4 Å². The van der Waals surface area contributed by atoms with E-state index in [9.17, 15) is 18.4 Å². The van der Waals surface area contributed by atoms with Crippen molar-refractivity contribution in [1.82, 2.24) is 15.2 Å². The van der Waals surface area contributed by atoms with Crippen molar-refractivity contribution in [2.24, 2.45) is 11.7 Å². The summed E-state index contributed by atoms with van der Waals surface area (Å²) in [6.07, 6.45) is 12.3. The Labute approximate surface area is 216 Å². The first kappa shape index (κ1) is 26.8. The van der Waals surface area contributed by atoms with E-state index in [1.165, 1.54) is 35.1 Å². The molecule has 0 radical (unpaired) electrons. The molecule has 2 amide bonds. The van der Waals surface area contributed by atoms with Crippen LogP contribution >= 0.6 is 0 Å². The highest BCUT2D eigenvalue weighted by molar-refractivity contribution is 5.91. The fraction of sp³-hybridized carbons (Fsp3) is 0.448. The van der Waals surface area contributed by atoms with Crippen LogP contribution in [-0.4, -0.2) is 46.9 Å². The average molecular weight is 511 g/mol. The molecule has 1 saturated heterocycles. The third-order valence-corrected chi connectivity index (χ3v) is 7.84. The number of piperidine rings is 1. The number of amides is 2. The Morgan fingerprint density at radius 2 is 1.76 bits per heavy atom. The van der Waals surface area contributed by atoms with E-state index in [0.29, 0.717) is 37.4 Å². The third-order valence-electron chi connectivity index (χ3n) is 7.84. The van der Waals surface area contributed by atoms with Gasteiger partial charge in [0.15, 0.2) is 0 Å². The predicted octanol–water partition coefficient (Wildman–Crippen LogP) is 2.93. The molecule has 1 atom stereocenters. The number of rotatable bonds is 7. The summed E-state index contributed by atoms with van der Waals surface area (Å²) in [5.74, 6) is -1.41. The van der Waals surface area contributed by atoms with Gasteiger partial charge in [0.1, 0.15) is 11.6 Å². The molecule has 2 fully saturated rings. The standard InChI is InChI=1S/C29H36F2N4O2/c1-3-25-18(2)33-17-26(25)20-5-7-24(8-6-20)34-28(29(32)37)21-10-12-35(13-11-21)27(36)9-4-19-14-22(30)16-23(31)15-19/h3-4,9,14-17,20-21,24,28,33-34H,2,5-8,10-13H2,1H3,(H2,32,37). The molecule has 1 saturated carbocycles. The van der Waals surface area contributed by atoms with E-state index in [1.54, 1.807) is 4.90 Å². The van der Waals surface area contributed by atoms with Gasteiger partial charge in [0, 0.05) is 42.8 Å². The molecule has 1 aliphatic carbocycles. The molecular weight excluding hydrogens is 474 g/mol. The van der Waals surface area contributed by atoms with Crippen LogP contribution in [0.2, 0.25) is 0 Å². The molecule has 2 heterocycles. The summed E-state index contributed by atoms with van der Waals surface area (Å²) in [6, 6.07) is 2.94. The van der Waals surface area contributed by atoms with Crippen LogP contribution in [0.5, 0.6) is 0 Å². The summed E-state index contributed by atoms with van der Waals surface area (Å²) < 4.78 is 26.7. The maximum Gasteiger partial charge on any atom is 0.246 e. The minimum Gasteiger partial charge on any atom is -0.368 e. The van der Waals surface area contributed by atoms with Gasteiger partial charge in [0.25, 0.3) is 0 Å². The number of carbonyl (C=O) groups is 2. The zero-order chi connectivity index (χ0) is 26.5. The number of hydrogen-bond donors (Lipinski definition) is 3. The normalized spacial score (nSPS) is 22.5. The summed E-state index contributed by atoms with van der Waals surface area (Å²) in [5, 5.41) is 5.69. The molecule has 2 aliphatic rings. The number of aromatic nitrogens is 1. The lowest BCUT2D eigenvalue weighted by Crippen LogP contribution is -2.54. The van der Waals surface area contributed by atoms with Crippen LogP contribution < -0.4 is 21.6 Å². The number of benzene rings is 1. The Morgan fingerprint density at radius 1 is 1.11 bits per heavy atom. The van der Waals surface area contributed by atoms with Crippen LogP contribution in [0.25, 0.3) is 18.7 Å². The van der Waals surface area contributed by atoms with Crippen molar-refractivity contribution in [2.45, 2.75) is 63.5 Å². The van der Waals surface area contributed by atoms with Gasteiger partial charge >= 0.3 is 0 Å². The van der Waals surface area contributed by atoms with Gasteiger partial charge < -0.3 is 20.9 Å². The molecule has 6 nitrogen and oxygen atoms in total. The lowest BCUT2D eigenvalue weighted by molar-refractivity contribution is -0.128. The van der Waals surface area contributed by atoms with Crippen LogP contribution in [0, 0.1) is 17.6 Å². The van der Waals surface area contributed by atoms with Crippen LogP contribution in [0.3, 0.4) is 0 Å². The molecule has 1 aromatic heterocycles. The fourth-order valence-electron chi connectivity index (χ4n) is 5.85. The SMILES string of the molecule is C=c1[nH]cc(C2CCC(NC(C(N)=O)C3CCN(C(=O)C=Cc4cc(F)cc(F)c4)CC3)CC2)c1=CC. The number of hydrogen-bond acceptors (Lipinski definition) is 3. The second kappa shape index (κ2) is 11.9. The molecule has 4 rings (SSSR count). The Balaban J connectivity index is 1.29. The summed E-state index contributed by atoms with van der Waals surface area (Å²) >= 11 is 0. The van der Waals surface area contributed by atoms with Gasteiger partial charge in [-0.1, -0.05) is 12.7 Å². The summed E-state index contributed by atoms with van der Waals surface area (Å²) in [7, 11) is 0. The van der Waals surface area contributed by atoms with E-state index in [1.807, 2.05) is 6.92 Å². The average Bonchev–Trinajstić information content (AvgIpc) is 3.26. The monoisotopic (exact) mass is 510 g/mol. The van der Waals surface area contributed by atoms with Crippen molar-refractivity contribution in [1.29, 1.82) is 0 Å². The van der Waals surface area contributed by atoms with E-state index in [0.717, 1.165) is 37.1 Å². The van der Waals surface area contributed by atoms with Crippen molar-refractivity contribution in [3.05, 3.63) is 63.8 Å². The zero-order valence-electron chi connectivity index (χ0n) is 21.3. The summed E-state index contributed by atoms with van der Waals surface area (Å²) in [5.41, 5.74) is 7.42. The topological polar surface area (TPSA) is 91.2 Å². The Morgan fingerprint density at radius 3 is 2.35 bits per heavy atom. The van der Waals surface area contributed by atoms with Gasteiger partial charge in [-0.2, -0.15) is 0 Å². The molecule has 1 unspecified atom stereocenters. The molecule has 8 heteroatoms. The van der Waals surface area contributed by atoms with E-state index < -0.39 is 17.7 Å². The lowest BCUT2D eigenvalue weighted by Gasteiger charge is -2.38. The first-order valence-electron chi connectivity index (χ1n) is 13.1. The highest BCUT2D eigenvalue weighted by atomic mass is 19.1. The first-order chi connectivity index (χ1) is 17.7. The molecule has 37 heavy (non-hydrogen) atoms. The van der Waals surface area contributed by atoms with Crippen molar-refractivity contribution in [3.8, 4) is 0 Å². The van der Waals surface area contributed by atoms with Crippen molar-refractivity contribution >= 4 is 30.5 Å². The Hall–Kier alpha value is -3.26. The van der Waals surface area contributed by atoms with E-state index in [2.05, 4.69) is 29.2 Å². The number of nitrogens with two attached hydrogens (primary N) is 1. The number of carbonyl (C=O) groups excluding carboxylic acids is 2. The second-order valence-electron chi connectivity index (χ2n) is 10.2. The molecule has 0 bridgehead atoms. The second-order valence-corrected chi connectivity index (χ2v) is 10.2. The van der Waals surface area contributed by atoms with Gasteiger partial charge in [-0.05, 0) is 91.8 Å². The number of halogens is 2. The third kappa shape index (κ3) is 6.55. The van der Waals surface area contributed by atoms with Gasteiger partial charge in [-0.25, -0.2) is 8.78 Å². The van der Waals surface area contributed by atoms with E-state index >= 15 is 0 Å². The van der Waals surface area contributed by atoms with Gasteiger partial charge in [-0.3, -0.25) is 9.59 Å². The highest BCUT2D eigenvalue weighted by Crippen LogP contribution is 2.32. The number of nitrogens with one attached hydrogen (secondary N) is 2. The highest BCUT2D eigenvalue weighted by Gasteiger charge is 2.34. The largest absolute Gasteiger partial charge is 0.368 e. The number of aromatic amines is 1. The minimum absolute atomic E-state index is 0.0558. The maximum absolute atomic E-state index is 13.4. The molecule has 2 aromatic rings. The number of primary amides is 1. The predicted molar refractivity (Wildman–Crippen MR) is 142 cm³/mol. The minimum atomic E-state index is -0.688. The Kier molecular flexibility index (Phi) is 8.59. The van der Waals surface area contributed by atoms with Gasteiger partial charge in [-0.15, -0.1) is 0 Å². The van der Waals surface area contributed by atoms with E-state index in [4.69, 9.17) is 5.73 Å². The number of nitrogens with zero attached hydrogens (tertiary/aromatic N) is 1. The Bertz CT molecular complexity index is 1230.